The van der Waals surface area contributed by atoms with Gasteiger partial charge in [-0.1, -0.05) is 77.2 Å². The topological polar surface area (TPSA) is 85.5 Å². The monoisotopic (exact) mass is 527 g/mol. The number of anilines is 1. The van der Waals surface area contributed by atoms with E-state index in [1.807, 2.05) is 55.5 Å². The molecule has 0 spiro atoms. The van der Waals surface area contributed by atoms with Gasteiger partial charge in [0.1, 0.15) is 11.3 Å². The molecule has 3 heterocycles. The van der Waals surface area contributed by atoms with Gasteiger partial charge in [-0.3, -0.25) is 14.5 Å². The van der Waals surface area contributed by atoms with Gasteiger partial charge in [0.15, 0.2) is 9.77 Å². The zero-order valence-corrected chi connectivity index (χ0v) is 21.6. The Kier molecular flexibility index (Phi) is 6.02. The summed E-state index contributed by atoms with van der Waals surface area (Å²) in [5, 5.41) is 9.53. The maximum atomic E-state index is 13.8. The van der Waals surface area contributed by atoms with Gasteiger partial charge in [0.2, 0.25) is 10.9 Å². The third-order valence-corrected chi connectivity index (χ3v) is 8.39. The largest absolute Gasteiger partial charge is 0.497 e. The molecule has 0 bridgehead atoms. The summed E-state index contributed by atoms with van der Waals surface area (Å²) < 4.78 is 12.1. The van der Waals surface area contributed by atoms with Crippen LogP contribution < -0.4 is 15.1 Å². The van der Waals surface area contributed by atoms with Crippen LogP contribution in [0.1, 0.15) is 38.9 Å². The summed E-state index contributed by atoms with van der Waals surface area (Å²) >= 11 is 2.87. The molecule has 37 heavy (non-hydrogen) atoms. The number of hydrogen-bond acceptors (Lipinski definition) is 8. The molecule has 2 aromatic heterocycles. The van der Waals surface area contributed by atoms with E-state index in [-0.39, 0.29) is 11.2 Å². The summed E-state index contributed by atoms with van der Waals surface area (Å²) in [6.45, 7) is 1.92. The molecular formula is C28H21N3O4S2. The van der Waals surface area contributed by atoms with E-state index in [1.54, 1.807) is 31.0 Å². The number of aryl methyl sites for hydroxylation is 1. The number of ether oxygens (including phenoxy) is 1. The van der Waals surface area contributed by atoms with Gasteiger partial charge >= 0.3 is 0 Å². The van der Waals surface area contributed by atoms with Gasteiger partial charge in [-0.2, -0.15) is 0 Å². The third kappa shape index (κ3) is 4.20. The van der Waals surface area contributed by atoms with Gasteiger partial charge in [0.25, 0.3) is 5.91 Å². The summed E-state index contributed by atoms with van der Waals surface area (Å²) in [7, 11) is 1.59. The van der Waals surface area contributed by atoms with Crippen molar-refractivity contribution in [1.29, 1.82) is 0 Å². The lowest BCUT2D eigenvalue weighted by molar-refractivity contribution is 0.0970. The van der Waals surface area contributed by atoms with Crippen molar-refractivity contribution in [3.05, 3.63) is 111 Å². The van der Waals surface area contributed by atoms with Crippen molar-refractivity contribution in [3.8, 4) is 5.75 Å². The van der Waals surface area contributed by atoms with Crippen LogP contribution in [0.15, 0.2) is 86.3 Å². The van der Waals surface area contributed by atoms with E-state index in [2.05, 4.69) is 22.3 Å². The molecule has 184 valence electrons. The molecular weight excluding hydrogens is 506 g/mol. The highest BCUT2D eigenvalue weighted by Crippen LogP contribution is 2.43. The van der Waals surface area contributed by atoms with Crippen LogP contribution in [0.25, 0.3) is 11.0 Å². The van der Waals surface area contributed by atoms with Gasteiger partial charge in [-0.25, -0.2) is 0 Å². The van der Waals surface area contributed by atoms with Gasteiger partial charge in [-0.05, 0) is 42.3 Å². The van der Waals surface area contributed by atoms with Crippen LogP contribution >= 0.6 is 23.1 Å². The van der Waals surface area contributed by atoms with Crippen LogP contribution in [0.3, 0.4) is 0 Å². The Balaban J connectivity index is 1.45. The number of aromatic nitrogens is 2. The minimum absolute atomic E-state index is 0.0378. The molecule has 0 saturated carbocycles. The fourth-order valence-electron chi connectivity index (χ4n) is 4.46. The number of hydrogen-bond donors (Lipinski definition) is 0. The number of carbonyl (C=O) groups excluding carboxylic acids is 1. The molecule has 7 nitrogen and oxygen atoms in total. The van der Waals surface area contributed by atoms with Crippen molar-refractivity contribution >= 4 is 45.1 Å². The molecule has 0 aliphatic carbocycles. The maximum absolute atomic E-state index is 13.8. The molecule has 1 aliphatic rings. The smallest absolute Gasteiger partial charge is 0.297 e. The average Bonchev–Trinajstić information content (AvgIpc) is 3.51. The Bertz CT molecular complexity index is 1680. The van der Waals surface area contributed by atoms with E-state index < -0.39 is 11.9 Å². The van der Waals surface area contributed by atoms with E-state index in [0.717, 1.165) is 21.2 Å². The molecule has 3 aromatic carbocycles. The Morgan fingerprint density at radius 1 is 1.03 bits per heavy atom. The minimum atomic E-state index is -0.700. The zero-order chi connectivity index (χ0) is 25.5. The molecule has 1 atom stereocenters. The molecule has 6 rings (SSSR count). The predicted molar refractivity (Wildman–Crippen MR) is 145 cm³/mol. The second kappa shape index (κ2) is 9.49. The first-order valence-electron chi connectivity index (χ1n) is 11.6. The first-order valence-corrected chi connectivity index (χ1v) is 13.4. The standard InChI is InChI=1S/C28H21N3O4S2/c1-16-8-13-21-20(14-16)24(32)22-23(18-9-11-19(34-2)12-10-18)31(26(33)25(22)35-21)27-29-30-28(37-27)36-15-17-6-4-3-5-7-17/h3-14,23H,15H2,1-2H3/t23-/m1/s1. The number of benzene rings is 3. The number of rotatable bonds is 6. The van der Waals surface area contributed by atoms with Crippen molar-refractivity contribution < 1.29 is 13.9 Å². The fourth-order valence-corrected chi connectivity index (χ4v) is 6.29. The van der Waals surface area contributed by atoms with Crippen LogP contribution in [0.5, 0.6) is 5.75 Å². The van der Waals surface area contributed by atoms with Gasteiger partial charge in [0.05, 0.1) is 24.1 Å². The average molecular weight is 528 g/mol. The predicted octanol–water partition coefficient (Wildman–Crippen LogP) is 6.00. The van der Waals surface area contributed by atoms with Crippen molar-refractivity contribution in [2.24, 2.45) is 0 Å². The summed E-state index contributed by atoms with van der Waals surface area (Å²) in [4.78, 5) is 29.0. The summed E-state index contributed by atoms with van der Waals surface area (Å²) in [6, 6.07) is 22.1. The normalized spacial score (nSPS) is 14.8. The summed E-state index contributed by atoms with van der Waals surface area (Å²) in [5.41, 5.74) is 3.32. The van der Waals surface area contributed by atoms with Crippen LogP contribution in [-0.2, 0) is 5.75 Å². The molecule has 0 saturated heterocycles. The van der Waals surface area contributed by atoms with Crippen LogP contribution in [-0.4, -0.2) is 23.2 Å². The minimum Gasteiger partial charge on any atom is -0.497 e. The van der Waals surface area contributed by atoms with Gasteiger partial charge < -0.3 is 9.15 Å². The van der Waals surface area contributed by atoms with Crippen molar-refractivity contribution in [3.63, 3.8) is 0 Å². The maximum Gasteiger partial charge on any atom is 0.297 e. The number of amides is 1. The number of nitrogens with zero attached hydrogens (tertiary/aromatic N) is 3. The number of thioether (sulfide) groups is 1. The fraction of sp³-hybridized carbons (Fsp3) is 0.143. The highest BCUT2D eigenvalue weighted by Gasteiger charge is 2.45. The number of fused-ring (bicyclic) bond motifs is 2. The SMILES string of the molecule is COc1ccc([C@@H]2c3c(oc4ccc(C)cc4c3=O)C(=O)N2c2nnc(SCc3ccccc3)s2)cc1. The molecule has 0 fully saturated rings. The van der Waals surface area contributed by atoms with Crippen LogP contribution in [0.2, 0.25) is 0 Å². The zero-order valence-electron chi connectivity index (χ0n) is 20.0. The Morgan fingerprint density at radius 3 is 2.57 bits per heavy atom. The first-order chi connectivity index (χ1) is 18.0. The van der Waals surface area contributed by atoms with Crippen LogP contribution in [0, 0.1) is 6.92 Å². The quantitative estimate of drug-likeness (QED) is 0.198. The highest BCUT2D eigenvalue weighted by molar-refractivity contribution is 8.00. The number of methoxy groups -OCH3 is 1. The molecule has 0 radical (unpaired) electrons. The van der Waals surface area contributed by atoms with E-state index in [9.17, 15) is 9.59 Å². The lowest BCUT2D eigenvalue weighted by Gasteiger charge is -2.22. The third-order valence-electron chi connectivity index (χ3n) is 6.26. The van der Waals surface area contributed by atoms with Crippen molar-refractivity contribution in [1.82, 2.24) is 10.2 Å². The summed E-state index contributed by atoms with van der Waals surface area (Å²) in [6.07, 6.45) is 0. The molecule has 1 aliphatic heterocycles. The molecule has 0 N–H and O–H groups in total. The molecule has 5 aromatic rings. The van der Waals surface area contributed by atoms with E-state index in [0.29, 0.717) is 27.4 Å². The van der Waals surface area contributed by atoms with Crippen LogP contribution in [0.4, 0.5) is 5.13 Å². The Morgan fingerprint density at radius 2 is 1.81 bits per heavy atom. The van der Waals surface area contributed by atoms with E-state index >= 15 is 0 Å². The Labute approximate surface area is 220 Å². The van der Waals surface area contributed by atoms with Crippen molar-refractivity contribution in [2.75, 3.05) is 12.0 Å². The number of carbonyl (C=O) groups is 1. The highest BCUT2D eigenvalue weighted by atomic mass is 32.2. The second-order valence-electron chi connectivity index (χ2n) is 8.65. The molecule has 0 unspecified atom stereocenters. The van der Waals surface area contributed by atoms with E-state index in [4.69, 9.17) is 9.15 Å². The van der Waals surface area contributed by atoms with Gasteiger partial charge in [-0.15, -0.1) is 10.2 Å². The van der Waals surface area contributed by atoms with Crippen molar-refractivity contribution in [2.45, 2.75) is 23.1 Å². The van der Waals surface area contributed by atoms with Gasteiger partial charge in [0, 0.05) is 5.75 Å². The summed E-state index contributed by atoms with van der Waals surface area (Å²) in [5.74, 6) is 1.04. The van der Waals surface area contributed by atoms with E-state index in [1.165, 1.54) is 21.8 Å². The lowest BCUT2D eigenvalue weighted by Crippen LogP contribution is -2.29. The lowest BCUT2D eigenvalue weighted by atomic mass is 9.98. The molecule has 1 amide bonds. The molecule has 9 heteroatoms. The first kappa shape index (κ1) is 23.4. The Hall–Kier alpha value is -3.95. The second-order valence-corrected chi connectivity index (χ2v) is 10.8.